The highest BCUT2D eigenvalue weighted by Gasteiger charge is 2.73. The number of halogens is 1. The van der Waals surface area contributed by atoms with E-state index in [1.165, 1.54) is 6.92 Å². The Bertz CT molecular complexity index is 2150. The molecule has 2 saturated heterocycles. The molecule has 0 radical (unpaired) electrons. The fourth-order valence-corrected chi connectivity index (χ4v) is 7.72. The summed E-state index contributed by atoms with van der Waals surface area (Å²) in [4.78, 5) is 55.9. The summed E-state index contributed by atoms with van der Waals surface area (Å²) in [5.41, 5.74) is 2.86. The summed E-state index contributed by atoms with van der Waals surface area (Å²) >= 11 is 3.54. The molecule has 6 heterocycles. The van der Waals surface area contributed by atoms with Gasteiger partial charge in [0.25, 0.3) is 0 Å². The Morgan fingerprint density at radius 1 is 1.08 bits per heavy atom. The number of ether oxygens (including phenoxy) is 1. The highest BCUT2D eigenvalue weighted by Crippen LogP contribution is 2.66. The first-order chi connectivity index (χ1) is 23.7. The van der Waals surface area contributed by atoms with Crippen molar-refractivity contribution in [3.63, 3.8) is 0 Å². The average Bonchev–Trinajstić information content (AvgIpc) is 3.34. The third kappa shape index (κ3) is 5.54. The molecule has 4 aliphatic rings. The van der Waals surface area contributed by atoms with E-state index in [-0.39, 0.29) is 35.9 Å². The van der Waals surface area contributed by atoms with E-state index in [4.69, 9.17) is 14.8 Å². The fraction of sp³-hybridized carbons (Fsp3) is 0.314. The summed E-state index contributed by atoms with van der Waals surface area (Å²) in [5.74, 6) is 0.384. The van der Waals surface area contributed by atoms with Crippen LogP contribution in [-0.4, -0.2) is 83.2 Å². The smallest absolute Gasteiger partial charge is 0.248 e. The number of likely N-dealkylation sites (tertiary alicyclic amines) is 1. The Labute approximate surface area is 289 Å². The summed E-state index contributed by atoms with van der Waals surface area (Å²) in [6, 6.07) is 6.23. The van der Waals surface area contributed by atoms with Crippen molar-refractivity contribution in [2.24, 2.45) is 10.4 Å². The first-order valence-corrected chi connectivity index (χ1v) is 16.8. The van der Waals surface area contributed by atoms with Gasteiger partial charge in [0, 0.05) is 47.9 Å². The highest BCUT2D eigenvalue weighted by molar-refractivity contribution is 9.11. The second-order valence-electron chi connectivity index (χ2n) is 12.8. The number of hydrogen-bond donors (Lipinski definition) is 1. The number of amides is 2. The van der Waals surface area contributed by atoms with Crippen LogP contribution in [-0.2, 0) is 20.9 Å². The quantitative estimate of drug-likeness (QED) is 0.244. The van der Waals surface area contributed by atoms with Crippen LogP contribution in [0.4, 0.5) is 0 Å². The number of aryl methyl sites for hydroxylation is 1. The number of benzene rings is 1. The van der Waals surface area contributed by atoms with Gasteiger partial charge in [-0.05, 0) is 71.6 Å². The minimum absolute atomic E-state index is 0.127. The number of aromatic nitrogens is 6. The summed E-state index contributed by atoms with van der Waals surface area (Å²) < 4.78 is 9.56. The van der Waals surface area contributed by atoms with Crippen LogP contribution in [0.5, 0.6) is 0 Å². The van der Waals surface area contributed by atoms with Crippen molar-refractivity contribution >= 4 is 56.3 Å². The number of carbonyl (C=O) groups is 3. The Kier molecular flexibility index (Phi) is 7.71. The van der Waals surface area contributed by atoms with Gasteiger partial charge >= 0.3 is 0 Å². The van der Waals surface area contributed by atoms with Crippen molar-refractivity contribution in [2.45, 2.75) is 51.4 Å². The Balaban J connectivity index is 1.13. The molecule has 1 unspecified atom stereocenters. The third-order valence-corrected chi connectivity index (χ3v) is 10.1. The zero-order valence-corrected chi connectivity index (χ0v) is 28.4. The lowest BCUT2D eigenvalue weighted by molar-refractivity contribution is -0.139. The lowest BCUT2D eigenvalue weighted by Crippen LogP contribution is -2.51. The fourth-order valence-electron chi connectivity index (χ4n) is 7.38. The molecule has 1 spiro atoms. The second-order valence-corrected chi connectivity index (χ2v) is 13.6. The number of nitrogens with one attached hydrogen (secondary N) is 1. The van der Waals surface area contributed by atoms with Gasteiger partial charge in [-0.25, -0.2) is 15.0 Å². The van der Waals surface area contributed by atoms with Gasteiger partial charge in [-0.1, -0.05) is 24.3 Å². The van der Waals surface area contributed by atoms with Crippen LogP contribution in [0.15, 0.2) is 76.8 Å². The largest absolute Gasteiger partial charge is 0.373 e. The second kappa shape index (κ2) is 12.1. The van der Waals surface area contributed by atoms with Gasteiger partial charge in [0.1, 0.15) is 40.6 Å². The van der Waals surface area contributed by atoms with E-state index >= 15 is 0 Å². The number of Topliss-reactive ketones (excluding diaryl/α,β-unsaturated/α-hetero) is 1. The molecule has 13 nitrogen and oxygen atoms in total. The van der Waals surface area contributed by atoms with Gasteiger partial charge in [-0.15, -0.1) is 0 Å². The van der Waals surface area contributed by atoms with Gasteiger partial charge in [0.05, 0.1) is 24.4 Å². The molecule has 2 amide bonds. The Morgan fingerprint density at radius 2 is 1.90 bits per heavy atom. The van der Waals surface area contributed by atoms with Gasteiger partial charge in [0.2, 0.25) is 11.8 Å². The van der Waals surface area contributed by atoms with E-state index in [1.54, 1.807) is 28.1 Å². The highest BCUT2D eigenvalue weighted by atomic mass is 79.9. The molecule has 4 atom stereocenters. The standard InChI is InChI=1S/C35H32BrN9O4/c1-20(46)31-25-14-22(23-17-37-21(2)38-18-23)8-9-26(25)44(42-31)19-30(47)45-27-15-35(16-28(35)45)32-33(40-34(27)48)39-29(36)7-3-4-12-49-13-5-6-24-10-11-43(32)41-24/h3-11,14,17-18,27-28,32H,12-13,15-16,19H2,1-2H3,(H,39,40,48)/b4-3-,6-5-,29-7-/t27-,28+,32?,35-/m0/s1. The predicted octanol–water partition coefficient (Wildman–Crippen LogP) is 4.17. The molecule has 4 aromatic rings. The van der Waals surface area contributed by atoms with Crippen molar-refractivity contribution < 1.29 is 19.1 Å². The monoisotopic (exact) mass is 721 g/mol. The number of allylic oxidation sites excluding steroid dienone is 2. The van der Waals surface area contributed by atoms with Crippen molar-refractivity contribution in [3.8, 4) is 11.1 Å². The van der Waals surface area contributed by atoms with Gasteiger partial charge in [0.15, 0.2) is 5.78 Å². The lowest BCUT2D eigenvalue weighted by Gasteiger charge is -2.29. The Hall–Kier alpha value is -5.08. The molecular weight excluding hydrogens is 690 g/mol. The van der Waals surface area contributed by atoms with Crippen LogP contribution in [0.2, 0.25) is 0 Å². The molecule has 4 bridgehead atoms. The topological polar surface area (TPSA) is 149 Å². The van der Waals surface area contributed by atoms with Gasteiger partial charge in [-0.2, -0.15) is 10.2 Å². The minimum atomic E-state index is -0.691. The number of hydrogen-bond acceptors (Lipinski definition) is 9. The summed E-state index contributed by atoms with van der Waals surface area (Å²) in [5, 5.41) is 13.1. The van der Waals surface area contributed by atoms with E-state index < -0.39 is 17.5 Å². The minimum Gasteiger partial charge on any atom is -0.373 e. The van der Waals surface area contributed by atoms with Crippen molar-refractivity contribution in [3.05, 3.63) is 89.0 Å². The SMILES string of the molecule is CC(=O)c1nn(CC(=O)N2[C@H]3C[C@@]4(C[C@@H]24)C2\C(=N/C(Br)=C\C=C/COC/C=C\c4ccn2n4)NC3=O)c2ccc(-c3cnc(C)nc3)cc12. The number of aliphatic imine (C=N–C) groups is 1. The van der Waals surface area contributed by atoms with Crippen molar-refractivity contribution in [2.75, 3.05) is 13.2 Å². The van der Waals surface area contributed by atoms with Crippen LogP contribution in [0, 0.1) is 12.3 Å². The Morgan fingerprint density at radius 3 is 2.71 bits per heavy atom. The van der Waals surface area contributed by atoms with Crippen LogP contribution in [0.1, 0.15) is 47.8 Å². The maximum absolute atomic E-state index is 14.2. The molecule has 8 rings (SSSR count). The van der Waals surface area contributed by atoms with Crippen LogP contribution in [0.3, 0.4) is 0 Å². The molecular formula is C35H32BrN9O4. The van der Waals surface area contributed by atoms with E-state index in [2.05, 4.69) is 36.3 Å². The summed E-state index contributed by atoms with van der Waals surface area (Å²) in [7, 11) is 0. The molecule has 248 valence electrons. The third-order valence-electron chi connectivity index (χ3n) is 9.66. The molecule has 3 fully saturated rings. The molecule has 1 aromatic carbocycles. The molecule has 14 heteroatoms. The number of carbonyl (C=O) groups excluding carboxylic acids is 3. The van der Waals surface area contributed by atoms with E-state index in [0.717, 1.165) is 16.8 Å². The summed E-state index contributed by atoms with van der Waals surface area (Å²) in [6.45, 7) is 4.03. The number of fused-ring (bicyclic) bond motifs is 6. The number of nitrogens with zero attached hydrogens (tertiary/aromatic N) is 8. The molecule has 49 heavy (non-hydrogen) atoms. The maximum Gasteiger partial charge on any atom is 0.248 e. The van der Waals surface area contributed by atoms with Crippen molar-refractivity contribution in [1.82, 2.24) is 39.7 Å². The zero-order valence-electron chi connectivity index (χ0n) is 26.8. The zero-order chi connectivity index (χ0) is 33.9. The summed E-state index contributed by atoms with van der Waals surface area (Å²) in [6.07, 6.45) is 15.9. The van der Waals surface area contributed by atoms with Gasteiger partial charge < -0.3 is 15.0 Å². The lowest BCUT2D eigenvalue weighted by atomic mass is 9.91. The molecule has 3 aromatic heterocycles. The number of rotatable bonds is 4. The molecule has 1 saturated carbocycles. The number of amidine groups is 1. The predicted molar refractivity (Wildman–Crippen MR) is 184 cm³/mol. The average molecular weight is 723 g/mol. The van der Waals surface area contributed by atoms with Crippen LogP contribution in [0.25, 0.3) is 28.1 Å². The number of ketones is 1. The van der Waals surface area contributed by atoms with E-state index in [9.17, 15) is 14.4 Å². The maximum atomic E-state index is 14.2. The normalized spacial score (nSPS) is 28.0. The van der Waals surface area contributed by atoms with Crippen molar-refractivity contribution in [1.29, 1.82) is 0 Å². The van der Waals surface area contributed by atoms with Gasteiger partial charge in [-0.3, -0.25) is 23.7 Å². The van der Waals surface area contributed by atoms with E-state index in [1.807, 2.05) is 66.4 Å². The number of piperidine rings is 1. The van der Waals surface area contributed by atoms with Crippen LogP contribution >= 0.6 is 15.9 Å². The molecule has 1 N–H and O–H groups in total. The molecule has 3 aliphatic heterocycles. The molecule has 1 aliphatic carbocycles. The first kappa shape index (κ1) is 31.2. The van der Waals surface area contributed by atoms with E-state index in [0.29, 0.717) is 53.2 Å². The first-order valence-electron chi connectivity index (χ1n) is 16.0. The van der Waals surface area contributed by atoms with Crippen LogP contribution < -0.4 is 5.32 Å².